The van der Waals surface area contributed by atoms with E-state index in [0.717, 1.165) is 31.1 Å². The van der Waals surface area contributed by atoms with E-state index in [1.165, 1.54) is 12.8 Å². The van der Waals surface area contributed by atoms with Crippen LogP contribution in [0, 0.1) is 0 Å². The molecule has 5 N–H and O–H groups in total. The Morgan fingerprint density at radius 2 is 2.00 bits per heavy atom. The molecule has 0 radical (unpaired) electrons. The van der Waals surface area contributed by atoms with Crippen molar-refractivity contribution in [1.29, 1.82) is 0 Å². The maximum Gasteiger partial charge on any atom is 0.224 e. The molecular formula is C13H20N6O. The normalized spacial score (nSPS) is 18.9. The highest BCUT2D eigenvalue weighted by molar-refractivity contribution is 5.86. The second kappa shape index (κ2) is 5.24. The highest BCUT2D eigenvalue weighted by Gasteiger charge is 2.28. The lowest BCUT2D eigenvalue weighted by molar-refractivity contribution is 0.0381. The van der Waals surface area contributed by atoms with Crippen LogP contribution in [-0.2, 0) is 0 Å². The Morgan fingerprint density at radius 1 is 1.25 bits per heavy atom. The molecule has 2 aromatic rings. The number of nitrogens with zero attached hydrogens (tertiary/aromatic N) is 3. The zero-order chi connectivity index (χ0) is 14.0. The van der Waals surface area contributed by atoms with Crippen LogP contribution in [0.15, 0.2) is 6.20 Å². The van der Waals surface area contributed by atoms with Crippen molar-refractivity contribution in [3.05, 3.63) is 6.20 Å². The first-order valence-corrected chi connectivity index (χ1v) is 7.09. The van der Waals surface area contributed by atoms with Crippen LogP contribution in [0.3, 0.4) is 0 Å². The molecule has 1 aliphatic rings. The van der Waals surface area contributed by atoms with E-state index in [2.05, 4.69) is 25.5 Å². The van der Waals surface area contributed by atoms with Crippen LogP contribution in [-0.4, -0.2) is 37.4 Å². The van der Waals surface area contributed by atoms with Gasteiger partial charge < -0.3 is 16.2 Å². The van der Waals surface area contributed by atoms with Gasteiger partial charge in [0.1, 0.15) is 5.82 Å². The van der Waals surface area contributed by atoms with Crippen molar-refractivity contribution in [3.63, 3.8) is 0 Å². The van der Waals surface area contributed by atoms with E-state index in [1.807, 2.05) is 0 Å². The molecule has 1 aliphatic carbocycles. The second-order valence-corrected chi connectivity index (χ2v) is 5.55. The van der Waals surface area contributed by atoms with Crippen LogP contribution >= 0.6 is 0 Å². The fourth-order valence-corrected chi connectivity index (χ4v) is 2.80. The van der Waals surface area contributed by atoms with Crippen molar-refractivity contribution in [1.82, 2.24) is 20.2 Å². The third-order valence-electron chi connectivity index (χ3n) is 3.95. The summed E-state index contributed by atoms with van der Waals surface area (Å²) in [7, 11) is 0. The van der Waals surface area contributed by atoms with Gasteiger partial charge in [0.15, 0.2) is 5.65 Å². The summed E-state index contributed by atoms with van der Waals surface area (Å²) < 4.78 is 0. The van der Waals surface area contributed by atoms with Crippen LogP contribution in [0.1, 0.15) is 38.5 Å². The molecule has 0 amide bonds. The molecule has 0 aromatic carbocycles. The number of hydrogen-bond acceptors (Lipinski definition) is 6. The first-order valence-electron chi connectivity index (χ1n) is 7.09. The van der Waals surface area contributed by atoms with Gasteiger partial charge in [0, 0.05) is 6.54 Å². The lowest BCUT2D eigenvalue weighted by Gasteiger charge is -2.27. The van der Waals surface area contributed by atoms with Crippen LogP contribution in [0.25, 0.3) is 11.0 Å². The molecule has 0 saturated heterocycles. The minimum Gasteiger partial charge on any atom is -0.388 e. The maximum absolute atomic E-state index is 10.6. The van der Waals surface area contributed by atoms with Crippen molar-refractivity contribution in [2.24, 2.45) is 0 Å². The standard InChI is InChI=1S/C13H20N6O/c14-12-17-10(9-7-16-19-11(9)18-12)15-8-13(20)5-3-1-2-4-6-13/h7,20H,1-6,8H2,(H4,14,15,16,17,18,19). The van der Waals surface area contributed by atoms with Crippen molar-refractivity contribution in [2.75, 3.05) is 17.6 Å². The first-order chi connectivity index (χ1) is 9.66. The Balaban J connectivity index is 1.77. The Kier molecular flexibility index (Phi) is 3.43. The van der Waals surface area contributed by atoms with Crippen LogP contribution in [0.4, 0.5) is 11.8 Å². The molecule has 20 heavy (non-hydrogen) atoms. The van der Waals surface area contributed by atoms with Gasteiger partial charge in [-0.2, -0.15) is 15.1 Å². The zero-order valence-corrected chi connectivity index (χ0v) is 11.4. The molecule has 2 heterocycles. The number of aliphatic hydroxyl groups is 1. The van der Waals surface area contributed by atoms with Crippen molar-refractivity contribution < 1.29 is 5.11 Å². The topological polar surface area (TPSA) is 113 Å². The Labute approximate surface area is 117 Å². The molecular weight excluding hydrogens is 256 g/mol. The molecule has 1 saturated carbocycles. The number of fused-ring (bicyclic) bond motifs is 1. The molecule has 0 bridgehead atoms. The fraction of sp³-hybridized carbons (Fsp3) is 0.615. The molecule has 108 valence electrons. The Morgan fingerprint density at radius 3 is 2.75 bits per heavy atom. The zero-order valence-electron chi connectivity index (χ0n) is 11.4. The molecule has 0 spiro atoms. The summed E-state index contributed by atoms with van der Waals surface area (Å²) >= 11 is 0. The number of nitrogen functional groups attached to an aromatic ring is 1. The molecule has 1 fully saturated rings. The third-order valence-corrected chi connectivity index (χ3v) is 3.95. The van der Waals surface area contributed by atoms with E-state index in [1.54, 1.807) is 6.20 Å². The van der Waals surface area contributed by atoms with Gasteiger partial charge in [-0.15, -0.1) is 0 Å². The summed E-state index contributed by atoms with van der Waals surface area (Å²) in [5.74, 6) is 0.816. The van der Waals surface area contributed by atoms with E-state index < -0.39 is 5.60 Å². The van der Waals surface area contributed by atoms with Gasteiger partial charge in [0.05, 0.1) is 17.2 Å². The number of aromatic amines is 1. The van der Waals surface area contributed by atoms with Gasteiger partial charge in [-0.25, -0.2) is 0 Å². The molecule has 7 heteroatoms. The number of aromatic nitrogens is 4. The molecule has 2 aromatic heterocycles. The van der Waals surface area contributed by atoms with Gasteiger partial charge in [0.2, 0.25) is 5.95 Å². The average molecular weight is 276 g/mol. The molecule has 7 nitrogen and oxygen atoms in total. The average Bonchev–Trinajstić information content (AvgIpc) is 2.78. The SMILES string of the molecule is Nc1nc(NCC2(O)CCCCCC2)c2cn[nH]c2n1. The van der Waals surface area contributed by atoms with E-state index >= 15 is 0 Å². The summed E-state index contributed by atoms with van der Waals surface area (Å²) in [5.41, 5.74) is 5.62. The predicted octanol–water partition coefficient (Wildman–Crippen LogP) is 1.43. The Bertz CT molecular complexity index is 588. The lowest BCUT2D eigenvalue weighted by atomic mass is 9.94. The maximum atomic E-state index is 10.6. The number of H-pyrrole nitrogens is 1. The lowest BCUT2D eigenvalue weighted by Crippen LogP contribution is -2.36. The predicted molar refractivity (Wildman–Crippen MR) is 77.2 cm³/mol. The molecule has 0 unspecified atom stereocenters. The van der Waals surface area contributed by atoms with Gasteiger partial charge in [-0.05, 0) is 12.8 Å². The van der Waals surface area contributed by atoms with Crippen molar-refractivity contribution >= 4 is 22.8 Å². The number of anilines is 2. The van der Waals surface area contributed by atoms with E-state index in [-0.39, 0.29) is 5.95 Å². The van der Waals surface area contributed by atoms with Gasteiger partial charge >= 0.3 is 0 Å². The summed E-state index contributed by atoms with van der Waals surface area (Å²) in [6, 6.07) is 0. The highest BCUT2D eigenvalue weighted by atomic mass is 16.3. The van der Waals surface area contributed by atoms with Crippen molar-refractivity contribution in [3.8, 4) is 0 Å². The summed E-state index contributed by atoms with van der Waals surface area (Å²) in [6.07, 6.45) is 7.87. The van der Waals surface area contributed by atoms with Gasteiger partial charge in [-0.3, -0.25) is 5.10 Å². The fourth-order valence-electron chi connectivity index (χ4n) is 2.80. The van der Waals surface area contributed by atoms with E-state index in [4.69, 9.17) is 5.73 Å². The summed E-state index contributed by atoms with van der Waals surface area (Å²) in [5, 5.41) is 21.4. The minimum absolute atomic E-state index is 0.192. The first kappa shape index (κ1) is 13.1. The van der Waals surface area contributed by atoms with Crippen LogP contribution in [0.2, 0.25) is 0 Å². The van der Waals surface area contributed by atoms with Crippen LogP contribution < -0.4 is 11.1 Å². The summed E-state index contributed by atoms with van der Waals surface area (Å²) in [4.78, 5) is 8.27. The number of nitrogens with one attached hydrogen (secondary N) is 2. The van der Waals surface area contributed by atoms with E-state index in [9.17, 15) is 5.11 Å². The quantitative estimate of drug-likeness (QED) is 0.631. The molecule has 0 atom stereocenters. The van der Waals surface area contributed by atoms with Gasteiger partial charge in [-0.1, -0.05) is 25.7 Å². The number of rotatable bonds is 3. The highest BCUT2D eigenvalue weighted by Crippen LogP contribution is 2.28. The molecule has 3 rings (SSSR count). The molecule has 0 aliphatic heterocycles. The van der Waals surface area contributed by atoms with Crippen LogP contribution in [0.5, 0.6) is 0 Å². The minimum atomic E-state index is -0.660. The third kappa shape index (κ3) is 2.67. The summed E-state index contributed by atoms with van der Waals surface area (Å²) in [6.45, 7) is 0.476. The Hall–Kier alpha value is -1.89. The van der Waals surface area contributed by atoms with Gasteiger partial charge in [0.25, 0.3) is 0 Å². The largest absolute Gasteiger partial charge is 0.388 e. The monoisotopic (exact) mass is 276 g/mol. The smallest absolute Gasteiger partial charge is 0.224 e. The van der Waals surface area contributed by atoms with Crippen molar-refractivity contribution in [2.45, 2.75) is 44.1 Å². The number of hydrogen-bond donors (Lipinski definition) is 4. The number of nitrogens with two attached hydrogens (primary N) is 1. The second-order valence-electron chi connectivity index (χ2n) is 5.55. The van der Waals surface area contributed by atoms with E-state index in [0.29, 0.717) is 18.0 Å².